The standard InChI is InChI=1S/C12H17ClN2O2S/c1-2-11-7-10(9-13)8-12(14-11)15-3-5-18(16,17)6-4-15/h7-8H,2-6,9H2,1H3. The number of alkyl halides is 1. The molecule has 6 heteroatoms. The summed E-state index contributed by atoms with van der Waals surface area (Å²) in [6, 6.07) is 3.95. The Bertz CT molecular complexity index is 495. The zero-order chi connectivity index (χ0) is 13.2. The summed E-state index contributed by atoms with van der Waals surface area (Å²) in [5, 5.41) is 0. The van der Waals surface area contributed by atoms with Crippen molar-refractivity contribution in [1.29, 1.82) is 0 Å². The van der Waals surface area contributed by atoms with Crippen molar-refractivity contribution in [1.82, 2.24) is 4.98 Å². The van der Waals surface area contributed by atoms with Crippen LogP contribution in [0.25, 0.3) is 0 Å². The molecule has 1 aromatic rings. The SMILES string of the molecule is CCc1cc(CCl)cc(N2CCS(=O)(=O)CC2)n1. The van der Waals surface area contributed by atoms with Crippen LogP contribution in [0.15, 0.2) is 12.1 Å². The Labute approximate surface area is 113 Å². The zero-order valence-corrected chi connectivity index (χ0v) is 12.0. The van der Waals surface area contributed by atoms with Crippen LogP contribution in [0.1, 0.15) is 18.2 Å². The molecule has 0 atom stereocenters. The van der Waals surface area contributed by atoms with E-state index < -0.39 is 9.84 Å². The molecule has 1 aromatic heterocycles. The van der Waals surface area contributed by atoms with Crippen molar-refractivity contribution in [2.75, 3.05) is 29.5 Å². The van der Waals surface area contributed by atoms with Crippen LogP contribution in [-0.2, 0) is 22.1 Å². The van der Waals surface area contributed by atoms with Crippen molar-refractivity contribution in [3.8, 4) is 0 Å². The summed E-state index contributed by atoms with van der Waals surface area (Å²) in [6.45, 7) is 3.08. The van der Waals surface area contributed by atoms with E-state index in [4.69, 9.17) is 11.6 Å². The molecule has 0 aromatic carbocycles. The minimum absolute atomic E-state index is 0.210. The smallest absolute Gasteiger partial charge is 0.153 e. The van der Waals surface area contributed by atoms with E-state index in [0.29, 0.717) is 19.0 Å². The largest absolute Gasteiger partial charge is 0.355 e. The highest BCUT2D eigenvalue weighted by Gasteiger charge is 2.22. The third-order valence-electron chi connectivity index (χ3n) is 3.11. The molecule has 0 bridgehead atoms. The fourth-order valence-corrected chi connectivity index (χ4v) is 3.35. The first-order chi connectivity index (χ1) is 8.54. The molecule has 0 N–H and O–H groups in total. The summed E-state index contributed by atoms with van der Waals surface area (Å²) in [4.78, 5) is 6.57. The summed E-state index contributed by atoms with van der Waals surface area (Å²) in [5.74, 6) is 1.72. The Hall–Kier alpha value is -0.810. The van der Waals surface area contributed by atoms with E-state index >= 15 is 0 Å². The molecule has 1 aliphatic heterocycles. The van der Waals surface area contributed by atoms with Gasteiger partial charge in [-0.25, -0.2) is 13.4 Å². The third kappa shape index (κ3) is 3.14. The van der Waals surface area contributed by atoms with E-state index in [1.165, 1.54) is 0 Å². The topological polar surface area (TPSA) is 50.3 Å². The predicted molar refractivity (Wildman–Crippen MR) is 74.0 cm³/mol. The van der Waals surface area contributed by atoms with Crippen LogP contribution in [0.3, 0.4) is 0 Å². The van der Waals surface area contributed by atoms with Crippen LogP contribution in [0.2, 0.25) is 0 Å². The second-order valence-electron chi connectivity index (χ2n) is 4.45. The first kappa shape index (κ1) is 13.6. The van der Waals surface area contributed by atoms with Gasteiger partial charge in [0.05, 0.1) is 11.5 Å². The van der Waals surface area contributed by atoms with E-state index in [9.17, 15) is 8.42 Å². The lowest BCUT2D eigenvalue weighted by Gasteiger charge is -2.28. The molecule has 4 nitrogen and oxygen atoms in total. The van der Waals surface area contributed by atoms with E-state index in [0.717, 1.165) is 23.5 Å². The molecule has 1 aliphatic rings. The summed E-state index contributed by atoms with van der Waals surface area (Å²) >= 11 is 5.87. The molecule has 0 saturated carbocycles. The molecular weight excluding hydrogens is 272 g/mol. The van der Waals surface area contributed by atoms with Gasteiger partial charge in [0.1, 0.15) is 5.82 Å². The molecule has 0 spiro atoms. The Morgan fingerprint density at radius 1 is 1.33 bits per heavy atom. The molecule has 1 saturated heterocycles. The summed E-state index contributed by atoms with van der Waals surface area (Å²) < 4.78 is 22.8. The van der Waals surface area contributed by atoms with Crippen LogP contribution in [0.5, 0.6) is 0 Å². The minimum atomic E-state index is -2.85. The van der Waals surface area contributed by atoms with E-state index in [2.05, 4.69) is 4.98 Å². The molecule has 0 unspecified atom stereocenters. The van der Waals surface area contributed by atoms with Crippen LogP contribution in [0, 0.1) is 0 Å². The van der Waals surface area contributed by atoms with Crippen molar-refractivity contribution in [2.24, 2.45) is 0 Å². The minimum Gasteiger partial charge on any atom is -0.355 e. The molecule has 2 rings (SSSR count). The highest BCUT2D eigenvalue weighted by molar-refractivity contribution is 7.91. The van der Waals surface area contributed by atoms with E-state index in [1.807, 2.05) is 24.0 Å². The van der Waals surface area contributed by atoms with Gasteiger partial charge in [-0.1, -0.05) is 6.92 Å². The second-order valence-corrected chi connectivity index (χ2v) is 7.02. The Morgan fingerprint density at radius 2 is 2.00 bits per heavy atom. The van der Waals surface area contributed by atoms with Gasteiger partial charge in [-0.3, -0.25) is 0 Å². The number of halogens is 1. The van der Waals surface area contributed by atoms with Crippen molar-refractivity contribution < 1.29 is 8.42 Å². The second kappa shape index (κ2) is 5.45. The summed E-state index contributed by atoms with van der Waals surface area (Å²) in [5.41, 5.74) is 2.03. The number of aromatic nitrogens is 1. The Morgan fingerprint density at radius 3 is 2.56 bits per heavy atom. The fraction of sp³-hybridized carbons (Fsp3) is 0.583. The average molecular weight is 289 g/mol. The normalized spacial score (nSPS) is 18.9. The molecule has 100 valence electrons. The number of hydrogen-bond donors (Lipinski definition) is 0. The van der Waals surface area contributed by atoms with Gasteiger partial charge >= 0.3 is 0 Å². The van der Waals surface area contributed by atoms with Gasteiger partial charge in [-0.2, -0.15) is 0 Å². The van der Waals surface area contributed by atoms with E-state index in [1.54, 1.807) is 0 Å². The van der Waals surface area contributed by atoms with Crippen molar-refractivity contribution >= 4 is 27.3 Å². The Kier molecular flexibility index (Phi) is 4.12. The number of nitrogens with zero attached hydrogens (tertiary/aromatic N) is 2. The maximum Gasteiger partial charge on any atom is 0.153 e. The van der Waals surface area contributed by atoms with Gasteiger partial charge in [0.15, 0.2) is 9.84 Å². The highest BCUT2D eigenvalue weighted by atomic mass is 35.5. The van der Waals surface area contributed by atoms with Gasteiger partial charge in [0.2, 0.25) is 0 Å². The predicted octanol–water partition coefficient (Wildman–Crippen LogP) is 1.62. The summed E-state index contributed by atoms with van der Waals surface area (Å²) in [7, 11) is -2.85. The van der Waals surface area contributed by atoms with E-state index in [-0.39, 0.29) is 11.5 Å². The molecule has 0 aliphatic carbocycles. The lowest BCUT2D eigenvalue weighted by Crippen LogP contribution is -2.40. The van der Waals surface area contributed by atoms with Crippen LogP contribution in [0.4, 0.5) is 5.82 Å². The molecule has 0 radical (unpaired) electrons. The van der Waals surface area contributed by atoms with Gasteiger partial charge in [-0.05, 0) is 24.1 Å². The number of pyridine rings is 1. The van der Waals surface area contributed by atoms with Crippen LogP contribution >= 0.6 is 11.6 Å². The third-order valence-corrected chi connectivity index (χ3v) is 5.03. The maximum atomic E-state index is 11.4. The van der Waals surface area contributed by atoms with Gasteiger partial charge in [-0.15, -0.1) is 11.6 Å². The molecule has 18 heavy (non-hydrogen) atoms. The average Bonchev–Trinajstić information content (AvgIpc) is 2.38. The monoisotopic (exact) mass is 288 g/mol. The van der Waals surface area contributed by atoms with Crippen molar-refractivity contribution in [2.45, 2.75) is 19.2 Å². The van der Waals surface area contributed by atoms with Gasteiger partial charge in [0, 0.05) is 24.7 Å². The Balaban J connectivity index is 2.23. The fourth-order valence-electron chi connectivity index (χ4n) is 1.99. The lowest BCUT2D eigenvalue weighted by atomic mass is 10.2. The number of rotatable bonds is 3. The van der Waals surface area contributed by atoms with Crippen molar-refractivity contribution in [3.63, 3.8) is 0 Å². The number of sulfone groups is 1. The molecule has 0 amide bonds. The highest BCUT2D eigenvalue weighted by Crippen LogP contribution is 2.19. The lowest BCUT2D eigenvalue weighted by molar-refractivity contribution is 0.586. The van der Waals surface area contributed by atoms with Gasteiger partial charge < -0.3 is 4.90 Å². The molecular formula is C12H17ClN2O2S. The van der Waals surface area contributed by atoms with Crippen LogP contribution < -0.4 is 4.90 Å². The number of aryl methyl sites for hydroxylation is 1. The first-order valence-corrected chi connectivity index (χ1v) is 8.41. The van der Waals surface area contributed by atoms with Crippen LogP contribution in [-0.4, -0.2) is 38.0 Å². The first-order valence-electron chi connectivity index (χ1n) is 6.05. The number of hydrogen-bond acceptors (Lipinski definition) is 4. The zero-order valence-electron chi connectivity index (χ0n) is 10.4. The summed E-state index contributed by atoms with van der Waals surface area (Å²) in [6.07, 6.45) is 0.851. The molecule has 2 heterocycles. The maximum absolute atomic E-state index is 11.4. The van der Waals surface area contributed by atoms with Crippen molar-refractivity contribution in [3.05, 3.63) is 23.4 Å². The van der Waals surface area contributed by atoms with Gasteiger partial charge in [0.25, 0.3) is 0 Å². The molecule has 1 fully saturated rings. The number of anilines is 1. The quantitative estimate of drug-likeness (QED) is 0.793.